The van der Waals surface area contributed by atoms with Gasteiger partial charge in [0.25, 0.3) is 15.7 Å². The Morgan fingerprint density at radius 2 is 1.49 bits per heavy atom. The summed E-state index contributed by atoms with van der Waals surface area (Å²) in [5.74, 6) is 0. The van der Waals surface area contributed by atoms with Gasteiger partial charge in [-0.1, -0.05) is 78.5 Å². The lowest BCUT2D eigenvalue weighted by Crippen LogP contribution is -2.12. The van der Waals surface area contributed by atoms with Crippen LogP contribution in [-0.4, -0.2) is 23.5 Å². The highest BCUT2D eigenvalue weighted by molar-refractivity contribution is 7.99. The maximum absolute atomic E-state index is 13.4. The Morgan fingerprint density at radius 3 is 2.19 bits per heavy atom. The van der Waals surface area contributed by atoms with Crippen LogP contribution in [0.15, 0.2) is 128 Å². The van der Waals surface area contributed by atoms with E-state index in [1.165, 1.54) is 30.0 Å². The molecule has 5 rings (SSSR count). The quantitative estimate of drug-likeness (QED) is 0.136. The molecular formula is C28H21N3O4S2. The third-order valence-corrected chi connectivity index (χ3v) is 8.40. The Bertz CT molecular complexity index is 1750. The van der Waals surface area contributed by atoms with Crippen molar-refractivity contribution in [3.8, 4) is 0 Å². The zero-order valence-corrected chi connectivity index (χ0v) is 21.3. The number of nitro groups is 1. The third-order valence-electron chi connectivity index (χ3n) is 5.83. The van der Waals surface area contributed by atoms with Gasteiger partial charge in [-0.3, -0.25) is 10.1 Å². The van der Waals surface area contributed by atoms with E-state index >= 15 is 0 Å². The third kappa shape index (κ3) is 4.78. The maximum Gasteiger partial charge on any atom is 0.283 e. The number of benzene rings is 3. The Hall–Kier alpha value is -4.21. The highest BCUT2D eigenvalue weighted by Gasteiger charge is 2.25. The van der Waals surface area contributed by atoms with Crippen molar-refractivity contribution < 1.29 is 13.3 Å². The van der Waals surface area contributed by atoms with Crippen LogP contribution in [0.1, 0.15) is 16.8 Å². The van der Waals surface area contributed by atoms with Crippen LogP contribution < -0.4 is 0 Å². The minimum Gasteiger partial charge on any atom is -0.314 e. The van der Waals surface area contributed by atoms with Crippen molar-refractivity contribution in [3.63, 3.8) is 0 Å². The van der Waals surface area contributed by atoms with Crippen molar-refractivity contribution in [2.45, 2.75) is 21.6 Å². The fourth-order valence-electron chi connectivity index (χ4n) is 4.12. The lowest BCUT2D eigenvalue weighted by atomic mass is 10.1. The van der Waals surface area contributed by atoms with E-state index in [-0.39, 0.29) is 16.3 Å². The average molecular weight is 528 g/mol. The highest BCUT2D eigenvalue weighted by Crippen LogP contribution is 2.41. The van der Waals surface area contributed by atoms with E-state index in [9.17, 15) is 18.5 Å². The molecule has 0 fully saturated rings. The average Bonchev–Trinajstić information content (AvgIpc) is 3.19. The first-order chi connectivity index (χ1) is 17.9. The molecule has 0 bridgehead atoms. The molecule has 3 aromatic carbocycles. The topological polar surface area (TPSA) is 94.0 Å². The summed E-state index contributed by atoms with van der Waals surface area (Å²) < 4.78 is 33.0. The van der Waals surface area contributed by atoms with Crippen LogP contribution in [0.5, 0.6) is 0 Å². The Balaban J connectivity index is 1.77. The van der Waals surface area contributed by atoms with E-state index in [4.69, 9.17) is 0 Å². The highest BCUT2D eigenvalue weighted by atomic mass is 32.2. The number of nitrogens with zero attached hydrogens (tertiary/aromatic N) is 3. The number of hydrogen-bond donors (Lipinski definition) is 0. The summed E-state index contributed by atoms with van der Waals surface area (Å²) in [5, 5.41) is 11.7. The van der Waals surface area contributed by atoms with Crippen LogP contribution in [0.3, 0.4) is 0 Å². The van der Waals surface area contributed by atoms with Gasteiger partial charge < -0.3 is 4.40 Å². The van der Waals surface area contributed by atoms with Gasteiger partial charge >= 0.3 is 0 Å². The predicted molar refractivity (Wildman–Crippen MR) is 145 cm³/mol. The zero-order chi connectivity index (χ0) is 26.0. The van der Waals surface area contributed by atoms with E-state index in [1.807, 2.05) is 66.1 Å². The van der Waals surface area contributed by atoms with Gasteiger partial charge in [0.2, 0.25) is 0 Å². The molecule has 0 aliphatic heterocycles. The van der Waals surface area contributed by atoms with Gasteiger partial charge in [0.05, 0.1) is 25.9 Å². The Labute approximate surface area is 218 Å². The van der Waals surface area contributed by atoms with Gasteiger partial charge in [0, 0.05) is 22.7 Å². The normalized spacial score (nSPS) is 12.1. The standard InChI is InChI=1S/C28H21N3O4S2/c1-20-27(26(21-12-4-2-5-13-21)29-37(34,35)22-14-6-3-7-15-22)30-19-11-10-17-24(30)28(20)36-25-18-9-8-16-23(25)31(32)33/h2-19H,1H3/b29-26-. The lowest BCUT2D eigenvalue weighted by Gasteiger charge is -2.10. The molecule has 0 aliphatic rings. The van der Waals surface area contributed by atoms with Crippen molar-refractivity contribution in [2.24, 2.45) is 4.40 Å². The van der Waals surface area contributed by atoms with E-state index in [2.05, 4.69) is 4.40 Å². The fraction of sp³-hybridized carbons (Fsp3) is 0.0357. The number of sulfonamides is 1. The zero-order valence-electron chi connectivity index (χ0n) is 19.7. The molecule has 0 atom stereocenters. The fourth-order valence-corrected chi connectivity index (χ4v) is 6.30. The van der Waals surface area contributed by atoms with Crippen molar-refractivity contribution in [1.29, 1.82) is 0 Å². The molecule has 0 aliphatic carbocycles. The second-order valence-corrected chi connectivity index (χ2v) is 10.8. The van der Waals surface area contributed by atoms with Crippen LogP contribution in [0.4, 0.5) is 5.69 Å². The SMILES string of the molecule is Cc1c(Sc2ccccc2[N+](=O)[O-])c2ccccn2c1/C(=N\S(=O)(=O)c1ccccc1)c1ccccc1. The molecule has 184 valence electrons. The lowest BCUT2D eigenvalue weighted by molar-refractivity contribution is -0.387. The minimum atomic E-state index is -4.03. The number of pyridine rings is 1. The van der Waals surface area contributed by atoms with E-state index < -0.39 is 14.9 Å². The number of para-hydroxylation sites is 1. The molecule has 2 heterocycles. The first-order valence-electron chi connectivity index (χ1n) is 11.3. The van der Waals surface area contributed by atoms with Gasteiger partial charge in [0.1, 0.15) is 5.71 Å². The molecule has 0 unspecified atom stereocenters. The summed E-state index contributed by atoms with van der Waals surface area (Å²) in [6.07, 6.45) is 1.84. The van der Waals surface area contributed by atoms with Crippen LogP contribution in [0.25, 0.3) is 5.52 Å². The van der Waals surface area contributed by atoms with Crippen molar-refractivity contribution >= 4 is 38.7 Å². The molecule has 0 spiro atoms. The van der Waals surface area contributed by atoms with E-state index in [0.717, 1.165) is 16.0 Å². The maximum atomic E-state index is 13.4. The van der Waals surface area contributed by atoms with Crippen LogP contribution >= 0.6 is 11.8 Å². The smallest absolute Gasteiger partial charge is 0.283 e. The molecule has 2 aromatic heterocycles. The predicted octanol–water partition coefficient (Wildman–Crippen LogP) is 6.53. The number of fused-ring (bicyclic) bond motifs is 1. The number of aromatic nitrogens is 1. The molecule has 0 amide bonds. The molecule has 7 nitrogen and oxygen atoms in total. The van der Waals surface area contributed by atoms with E-state index in [1.54, 1.807) is 36.4 Å². The summed E-state index contributed by atoms with van der Waals surface area (Å²) in [7, 11) is -4.03. The summed E-state index contributed by atoms with van der Waals surface area (Å²) in [6, 6.07) is 29.4. The van der Waals surface area contributed by atoms with Crippen LogP contribution in [-0.2, 0) is 10.0 Å². The van der Waals surface area contributed by atoms with Crippen molar-refractivity contribution in [2.75, 3.05) is 0 Å². The number of hydrogen-bond acceptors (Lipinski definition) is 5. The second kappa shape index (κ2) is 10.0. The van der Waals surface area contributed by atoms with E-state index in [0.29, 0.717) is 16.2 Å². The Morgan fingerprint density at radius 1 is 0.865 bits per heavy atom. The molecule has 0 saturated heterocycles. The largest absolute Gasteiger partial charge is 0.314 e. The summed E-state index contributed by atoms with van der Waals surface area (Å²) in [5.41, 5.74) is 3.09. The van der Waals surface area contributed by atoms with Crippen LogP contribution in [0.2, 0.25) is 0 Å². The monoisotopic (exact) mass is 527 g/mol. The summed E-state index contributed by atoms with van der Waals surface area (Å²) >= 11 is 1.28. The first kappa shape index (κ1) is 24.5. The molecule has 0 N–H and O–H groups in total. The summed E-state index contributed by atoms with van der Waals surface area (Å²) in [6.45, 7) is 1.88. The first-order valence-corrected chi connectivity index (χ1v) is 13.6. The van der Waals surface area contributed by atoms with Gasteiger partial charge in [-0.2, -0.15) is 12.8 Å². The summed E-state index contributed by atoms with van der Waals surface area (Å²) in [4.78, 5) is 12.6. The van der Waals surface area contributed by atoms with Gasteiger partial charge in [-0.05, 0) is 42.8 Å². The number of nitro benzene ring substituents is 1. The molecule has 0 saturated carbocycles. The minimum absolute atomic E-state index is 0.00679. The molecule has 9 heteroatoms. The van der Waals surface area contributed by atoms with Crippen LogP contribution in [0, 0.1) is 17.0 Å². The molecule has 0 radical (unpaired) electrons. The molecule has 37 heavy (non-hydrogen) atoms. The molecular weight excluding hydrogens is 506 g/mol. The van der Waals surface area contributed by atoms with Gasteiger partial charge in [0.15, 0.2) is 0 Å². The second-order valence-electron chi connectivity index (χ2n) is 8.18. The molecule has 5 aromatic rings. The van der Waals surface area contributed by atoms with Crippen molar-refractivity contribution in [1.82, 2.24) is 4.40 Å². The van der Waals surface area contributed by atoms with Gasteiger partial charge in [-0.15, -0.1) is 0 Å². The van der Waals surface area contributed by atoms with Gasteiger partial charge in [-0.25, -0.2) is 0 Å². The Kier molecular flexibility index (Phi) is 6.64. The number of rotatable bonds is 7. The van der Waals surface area contributed by atoms with Crippen molar-refractivity contribution in [3.05, 3.63) is 136 Å².